The summed E-state index contributed by atoms with van der Waals surface area (Å²) in [5.41, 5.74) is 2.78. The number of nitriles is 1. The Labute approximate surface area is 181 Å². The zero-order chi connectivity index (χ0) is 22.4. The van der Waals surface area contributed by atoms with E-state index in [0.29, 0.717) is 29.9 Å². The van der Waals surface area contributed by atoms with Crippen LogP contribution in [0.5, 0.6) is 0 Å². The molecule has 3 aromatic rings. The Kier molecular flexibility index (Phi) is 7.05. The topological polar surface area (TPSA) is 128 Å². The van der Waals surface area contributed by atoms with E-state index in [0.717, 1.165) is 23.9 Å². The smallest absolute Gasteiger partial charge is 0.306 e. The first kappa shape index (κ1) is 22.5. The van der Waals surface area contributed by atoms with Crippen molar-refractivity contribution in [2.75, 3.05) is 0 Å². The highest BCUT2D eigenvalue weighted by molar-refractivity contribution is 7.89. The fourth-order valence-corrected chi connectivity index (χ4v) is 3.76. The van der Waals surface area contributed by atoms with E-state index in [1.807, 2.05) is 16.7 Å². The first-order valence-electron chi connectivity index (χ1n) is 9.98. The van der Waals surface area contributed by atoms with Crippen LogP contribution < -0.4 is 5.14 Å². The summed E-state index contributed by atoms with van der Waals surface area (Å²) < 4.78 is 30.6. The number of sulfonamides is 1. The molecule has 0 saturated carbocycles. The summed E-state index contributed by atoms with van der Waals surface area (Å²) in [6, 6.07) is 13.7. The average Bonchev–Trinajstić information content (AvgIpc) is 3.11. The SMILES string of the molecule is CCCCn1c(COC(=O)CCc2ccc(C#N)cc2)nc2cc(S(N)(=O)=O)ccc21. The van der Waals surface area contributed by atoms with Crippen molar-refractivity contribution in [3.63, 3.8) is 0 Å². The Bertz CT molecular complexity index is 1220. The van der Waals surface area contributed by atoms with Gasteiger partial charge in [0, 0.05) is 13.0 Å². The number of hydrogen-bond donors (Lipinski definition) is 1. The van der Waals surface area contributed by atoms with Crippen LogP contribution in [-0.2, 0) is 39.1 Å². The number of aryl methyl sites for hydroxylation is 2. The molecule has 9 heteroatoms. The molecule has 8 nitrogen and oxygen atoms in total. The molecule has 0 spiro atoms. The third-order valence-electron chi connectivity index (χ3n) is 4.93. The number of primary sulfonamides is 1. The molecule has 31 heavy (non-hydrogen) atoms. The molecular formula is C22H24N4O4S. The first-order chi connectivity index (χ1) is 14.8. The minimum Gasteiger partial charge on any atom is -0.457 e. The minimum atomic E-state index is -3.83. The predicted octanol–water partition coefficient (Wildman–Crippen LogP) is 3.03. The lowest BCUT2D eigenvalue weighted by Crippen LogP contribution is -2.12. The molecular weight excluding hydrogens is 416 g/mol. The molecule has 0 atom stereocenters. The molecule has 0 aliphatic carbocycles. The molecule has 1 aromatic heterocycles. The van der Waals surface area contributed by atoms with Crippen molar-refractivity contribution in [2.24, 2.45) is 5.14 Å². The number of aromatic nitrogens is 2. The van der Waals surface area contributed by atoms with Crippen LogP contribution >= 0.6 is 0 Å². The number of fused-ring (bicyclic) bond motifs is 1. The lowest BCUT2D eigenvalue weighted by Gasteiger charge is -2.09. The maximum absolute atomic E-state index is 12.2. The van der Waals surface area contributed by atoms with Gasteiger partial charge in [-0.25, -0.2) is 18.5 Å². The van der Waals surface area contributed by atoms with Crippen LogP contribution in [0.4, 0.5) is 0 Å². The van der Waals surface area contributed by atoms with Gasteiger partial charge in [-0.15, -0.1) is 0 Å². The molecule has 0 aliphatic heterocycles. The number of imidazole rings is 1. The molecule has 0 bridgehead atoms. The van der Waals surface area contributed by atoms with Crippen LogP contribution in [0.3, 0.4) is 0 Å². The first-order valence-corrected chi connectivity index (χ1v) is 11.5. The van der Waals surface area contributed by atoms with Crippen LogP contribution in [0, 0.1) is 11.3 Å². The van der Waals surface area contributed by atoms with Crippen molar-refractivity contribution in [3.05, 3.63) is 59.4 Å². The molecule has 0 saturated heterocycles. The molecule has 0 amide bonds. The number of carbonyl (C=O) groups is 1. The second-order valence-corrected chi connectivity index (χ2v) is 8.76. The fraction of sp³-hybridized carbons (Fsp3) is 0.318. The molecule has 2 N–H and O–H groups in total. The number of esters is 1. The van der Waals surface area contributed by atoms with Crippen molar-refractivity contribution >= 4 is 27.0 Å². The summed E-state index contributed by atoms with van der Waals surface area (Å²) in [7, 11) is -3.83. The summed E-state index contributed by atoms with van der Waals surface area (Å²) >= 11 is 0. The number of benzene rings is 2. The zero-order valence-electron chi connectivity index (χ0n) is 17.2. The molecule has 1 heterocycles. The molecule has 0 radical (unpaired) electrons. The van der Waals surface area contributed by atoms with Gasteiger partial charge in [0.25, 0.3) is 0 Å². The monoisotopic (exact) mass is 440 g/mol. The third kappa shape index (κ3) is 5.69. The van der Waals surface area contributed by atoms with Gasteiger partial charge < -0.3 is 9.30 Å². The van der Waals surface area contributed by atoms with E-state index in [2.05, 4.69) is 18.0 Å². The summed E-state index contributed by atoms with van der Waals surface area (Å²) in [6.45, 7) is 2.75. The van der Waals surface area contributed by atoms with Gasteiger partial charge in [-0.1, -0.05) is 25.5 Å². The molecule has 0 aliphatic rings. The number of rotatable bonds is 9. The van der Waals surface area contributed by atoms with Gasteiger partial charge in [0.05, 0.1) is 27.6 Å². The van der Waals surface area contributed by atoms with Crippen LogP contribution in [0.25, 0.3) is 11.0 Å². The lowest BCUT2D eigenvalue weighted by molar-refractivity contribution is -0.145. The highest BCUT2D eigenvalue weighted by Gasteiger charge is 2.16. The number of unbranched alkanes of at least 4 members (excludes halogenated alkanes) is 1. The number of carbonyl (C=O) groups excluding carboxylic acids is 1. The number of ether oxygens (including phenoxy) is 1. The van der Waals surface area contributed by atoms with Gasteiger partial charge in [-0.3, -0.25) is 4.79 Å². The number of nitrogens with zero attached hydrogens (tertiary/aromatic N) is 3. The standard InChI is InChI=1S/C22H24N4O4S/c1-2-3-12-26-20-10-9-18(31(24,28)29)13-19(20)25-21(26)15-30-22(27)11-8-16-4-6-17(14-23)7-5-16/h4-7,9-10,13H,2-3,8,11-12,15H2,1H3,(H2,24,28,29). The summed E-state index contributed by atoms with van der Waals surface area (Å²) in [5.74, 6) is 0.199. The zero-order valence-corrected chi connectivity index (χ0v) is 18.1. The van der Waals surface area contributed by atoms with Crippen molar-refractivity contribution < 1.29 is 17.9 Å². The van der Waals surface area contributed by atoms with Crippen molar-refractivity contribution in [3.8, 4) is 6.07 Å². The predicted molar refractivity (Wildman–Crippen MR) is 115 cm³/mol. The molecule has 0 unspecified atom stereocenters. The summed E-state index contributed by atoms with van der Waals surface area (Å²) in [5, 5.41) is 14.1. The van der Waals surface area contributed by atoms with Crippen LogP contribution in [-0.4, -0.2) is 23.9 Å². The molecule has 162 valence electrons. The Morgan fingerprint density at radius 1 is 1.23 bits per heavy atom. The maximum atomic E-state index is 12.2. The van der Waals surface area contributed by atoms with Crippen molar-refractivity contribution in [1.29, 1.82) is 5.26 Å². The second kappa shape index (κ2) is 9.73. The Balaban J connectivity index is 1.71. The molecule has 0 fully saturated rings. The highest BCUT2D eigenvalue weighted by Crippen LogP contribution is 2.21. The lowest BCUT2D eigenvalue weighted by atomic mass is 10.1. The highest BCUT2D eigenvalue weighted by atomic mass is 32.2. The molecule has 3 rings (SSSR count). The van der Waals surface area contributed by atoms with Gasteiger partial charge in [-0.05, 0) is 48.7 Å². The van der Waals surface area contributed by atoms with E-state index < -0.39 is 10.0 Å². The minimum absolute atomic E-state index is 0.00466. The van der Waals surface area contributed by atoms with Gasteiger partial charge in [0.1, 0.15) is 12.4 Å². The average molecular weight is 441 g/mol. The van der Waals surface area contributed by atoms with E-state index in [1.165, 1.54) is 12.1 Å². The summed E-state index contributed by atoms with van der Waals surface area (Å²) in [4.78, 5) is 16.7. The number of hydrogen-bond acceptors (Lipinski definition) is 6. The Hall–Kier alpha value is -3.22. The Morgan fingerprint density at radius 2 is 1.97 bits per heavy atom. The maximum Gasteiger partial charge on any atom is 0.306 e. The van der Waals surface area contributed by atoms with E-state index >= 15 is 0 Å². The Morgan fingerprint density at radius 3 is 2.61 bits per heavy atom. The van der Waals surface area contributed by atoms with E-state index in [9.17, 15) is 13.2 Å². The van der Waals surface area contributed by atoms with Crippen LogP contribution in [0.15, 0.2) is 47.4 Å². The normalized spacial score (nSPS) is 11.4. The fourth-order valence-electron chi connectivity index (χ4n) is 3.22. The largest absolute Gasteiger partial charge is 0.457 e. The van der Waals surface area contributed by atoms with Gasteiger partial charge in [-0.2, -0.15) is 5.26 Å². The van der Waals surface area contributed by atoms with E-state index in [4.69, 9.17) is 15.1 Å². The van der Waals surface area contributed by atoms with E-state index in [1.54, 1.807) is 18.2 Å². The van der Waals surface area contributed by atoms with Crippen LogP contribution in [0.1, 0.15) is 43.1 Å². The van der Waals surface area contributed by atoms with Gasteiger partial charge in [0.15, 0.2) is 0 Å². The second-order valence-electron chi connectivity index (χ2n) is 7.20. The molecule has 2 aromatic carbocycles. The third-order valence-corrected chi connectivity index (χ3v) is 5.84. The van der Waals surface area contributed by atoms with E-state index in [-0.39, 0.29) is 23.9 Å². The van der Waals surface area contributed by atoms with Crippen LogP contribution in [0.2, 0.25) is 0 Å². The van der Waals surface area contributed by atoms with Crippen molar-refractivity contribution in [1.82, 2.24) is 9.55 Å². The summed E-state index contributed by atoms with van der Waals surface area (Å²) in [6.07, 6.45) is 2.59. The number of nitrogens with two attached hydrogens (primary N) is 1. The van der Waals surface area contributed by atoms with Crippen molar-refractivity contribution in [2.45, 2.75) is 50.7 Å². The quantitative estimate of drug-likeness (QED) is 0.509. The van der Waals surface area contributed by atoms with Gasteiger partial charge in [0.2, 0.25) is 10.0 Å². The van der Waals surface area contributed by atoms with Gasteiger partial charge >= 0.3 is 5.97 Å².